The van der Waals surface area contributed by atoms with Gasteiger partial charge in [-0.25, -0.2) is 9.67 Å². The summed E-state index contributed by atoms with van der Waals surface area (Å²) in [4.78, 5) is 4.40. The van der Waals surface area contributed by atoms with Crippen molar-refractivity contribution >= 4 is 5.69 Å². The van der Waals surface area contributed by atoms with Crippen LogP contribution < -0.4 is 5.73 Å². The highest BCUT2D eigenvalue weighted by Gasteiger charge is 2.27. The normalized spacial score (nSPS) is 14.5. The number of aromatic nitrogens is 4. The van der Waals surface area contributed by atoms with Crippen molar-refractivity contribution in [2.24, 2.45) is 7.05 Å². The summed E-state index contributed by atoms with van der Waals surface area (Å²) in [6, 6.07) is 8.11. The van der Waals surface area contributed by atoms with E-state index in [-0.39, 0.29) is 0 Å². The Hall–Kier alpha value is -2.56. The Labute approximate surface area is 123 Å². The lowest BCUT2D eigenvalue weighted by Gasteiger charge is -2.10. The van der Waals surface area contributed by atoms with E-state index in [1.54, 1.807) is 6.20 Å². The molecule has 1 fully saturated rings. The Morgan fingerprint density at radius 1 is 1.19 bits per heavy atom. The monoisotopic (exact) mass is 279 g/mol. The molecule has 0 saturated heterocycles. The Balaban J connectivity index is 1.84. The molecule has 106 valence electrons. The average Bonchev–Trinajstić information content (AvgIpc) is 3.03. The lowest BCUT2D eigenvalue weighted by molar-refractivity contribution is 0.808. The lowest BCUT2D eigenvalue weighted by Crippen LogP contribution is -2.03. The fourth-order valence-electron chi connectivity index (χ4n) is 2.75. The number of hydrogen-bond donors (Lipinski definition) is 1. The molecule has 0 spiro atoms. The summed E-state index contributed by atoms with van der Waals surface area (Å²) < 4.78 is 3.99. The molecule has 0 bridgehead atoms. The fraction of sp³-hybridized carbons (Fsp3) is 0.250. The van der Waals surface area contributed by atoms with Crippen LogP contribution >= 0.6 is 0 Å². The maximum absolute atomic E-state index is 6.09. The smallest absolute Gasteiger partial charge is 0.139 e. The van der Waals surface area contributed by atoms with Gasteiger partial charge in [-0.2, -0.15) is 5.10 Å². The summed E-state index contributed by atoms with van der Waals surface area (Å²) >= 11 is 0. The third-order valence-electron chi connectivity index (χ3n) is 3.93. The SMILES string of the molecule is Cn1ccnc1-c1cc(N)cc(-n2nccc2C2CC2)c1. The van der Waals surface area contributed by atoms with Crippen molar-refractivity contribution in [2.45, 2.75) is 18.8 Å². The van der Waals surface area contributed by atoms with Crippen LogP contribution in [-0.2, 0) is 7.05 Å². The van der Waals surface area contributed by atoms with Crippen LogP contribution in [0.25, 0.3) is 17.1 Å². The van der Waals surface area contributed by atoms with Gasteiger partial charge in [0.25, 0.3) is 0 Å². The van der Waals surface area contributed by atoms with E-state index in [1.807, 2.05) is 40.8 Å². The molecule has 0 unspecified atom stereocenters. The number of nitrogen functional groups attached to an aromatic ring is 1. The Kier molecular flexibility index (Phi) is 2.60. The second-order valence-corrected chi connectivity index (χ2v) is 5.62. The highest BCUT2D eigenvalue weighted by atomic mass is 15.3. The molecule has 0 radical (unpaired) electrons. The van der Waals surface area contributed by atoms with Crippen molar-refractivity contribution in [3.8, 4) is 17.1 Å². The van der Waals surface area contributed by atoms with Crippen molar-refractivity contribution in [3.05, 3.63) is 48.5 Å². The average molecular weight is 279 g/mol. The maximum atomic E-state index is 6.09. The van der Waals surface area contributed by atoms with Crippen LogP contribution in [0.4, 0.5) is 5.69 Å². The van der Waals surface area contributed by atoms with Gasteiger partial charge >= 0.3 is 0 Å². The Bertz CT molecular complexity index is 795. The van der Waals surface area contributed by atoms with Crippen molar-refractivity contribution in [2.75, 3.05) is 5.73 Å². The minimum atomic E-state index is 0.644. The van der Waals surface area contributed by atoms with E-state index in [0.717, 1.165) is 22.8 Å². The topological polar surface area (TPSA) is 61.7 Å². The molecule has 0 atom stereocenters. The van der Waals surface area contributed by atoms with E-state index in [4.69, 9.17) is 5.73 Å². The fourth-order valence-corrected chi connectivity index (χ4v) is 2.75. The first-order valence-electron chi connectivity index (χ1n) is 7.15. The highest BCUT2D eigenvalue weighted by Crippen LogP contribution is 2.40. The second-order valence-electron chi connectivity index (χ2n) is 5.62. The molecule has 3 aromatic rings. The number of anilines is 1. The van der Waals surface area contributed by atoms with Gasteiger partial charge in [0.2, 0.25) is 0 Å². The van der Waals surface area contributed by atoms with Gasteiger partial charge in [-0.15, -0.1) is 0 Å². The summed E-state index contributed by atoms with van der Waals surface area (Å²) in [5.41, 5.74) is 10.1. The molecule has 1 aliphatic rings. The van der Waals surface area contributed by atoms with Gasteiger partial charge in [0.15, 0.2) is 0 Å². The van der Waals surface area contributed by atoms with Crippen molar-refractivity contribution in [1.29, 1.82) is 0 Å². The first-order valence-corrected chi connectivity index (χ1v) is 7.15. The third kappa shape index (κ3) is 2.11. The van der Waals surface area contributed by atoms with Gasteiger partial charge in [0.1, 0.15) is 5.82 Å². The van der Waals surface area contributed by atoms with Gasteiger partial charge in [-0.3, -0.25) is 0 Å². The molecule has 1 aliphatic carbocycles. The van der Waals surface area contributed by atoms with Crippen LogP contribution in [0.2, 0.25) is 0 Å². The lowest BCUT2D eigenvalue weighted by atomic mass is 10.1. The number of benzene rings is 1. The predicted molar refractivity (Wildman–Crippen MR) is 82.2 cm³/mol. The molecule has 1 saturated carbocycles. The molecule has 1 aromatic carbocycles. The zero-order chi connectivity index (χ0) is 14.4. The molecule has 0 amide bonds. The van der Waals surface area contributed by atoms with Gasteiger partial charge in [-0.05, 0) is 37.1 Å². The van der Waals surface area contributed by atoms with E-state index in [0.29, 0.717) is 5.92 Å². The predicted octanol–water partition coefficient (Wildman–Crippen LogP) is 2.73. The molecule has 2 heterocycles. The van der Waals surface area contributed by atoms with Crippen LogP contribution in [-0.4, -0.2) is 19.3 Å². The highest BCUT2D eigenvalue weighted by molar-refractivity contribution is 5.66. The largest absolute Gasteiger partial charge is 0.399 e. The summed E-state index contributed by atoms with van der Waals surface area (Å²) in [6.07, 6.45) is 8.08. The minimum absolute atomic E-state index is 0.644. The molecular formula is C16H17N5. The zero-order valence-electron chi connectivity index (χ0n) is 11.9. The molecule has 5 heteroatoms. The minimum Gasteiger partial charge on any atom is -0.399 e. The van der Waals surface area contributed by atoms with Crippen molar-refractivity contribution < 1.29 is 0 Å². The molecule has 5 nitrogen and oxygen atoms in total. The molecule has 21 heavy (non-hydrogen) atoms. The van der Waals surface area contributed by atoms with Crippen LogP contribution in [0, 0.1) is 0 Å². The number of nitrogens with zero attached hydrogens (tertiary/aromatic N) is 4. The molecular weight excluding hydrogens is 262 g/mol. The Morgan fingerprint density at radius 2 is 2.05 bits per heavy atom. The Morgan fingerprint density at radius 3 is 2.76 bits per heavy atom. The zero-order valence-corrected chi connectivity index (χ0v) is 11.9. The summed E-state index contributed by atoms with van der Waals surface area (Å²) in [5.74, 6) is 1.55. The standard InChI is InChI=1S/C16H17N5/c1-20-7-6-18-16(20)12-8-13(17)10-14(9-12)21-15(4-5-19-21)11-2-3-11/h4-11H,2-3,17H2,1H3. The van der Waals surface area contributed by atoms with Crippen LogP contribution in [0.15, 0.2) is 42.9 Å². The number of imidazole rings is 1. The first-order chi connectivity index (χ1) is 10.2. The maximum Gasteiger partial charge on any atom is 0.139 e. The summed E-state index contributed by atoms with van der Waals surface area (Å²) in [7, 11) is 1.98. The quantitative estimate of drug-likeness (QED) is 0.750. The van der Waals surface area contributed by atoms with E-state index >= 15 is 0 Å². The molecule has 2 N–H and O–H groups in total. The van der Waals surface area contributed by atoms with Crippen LogP contribution in [0.1, 0.15) is 24.5 Å². The van der Waals surface area contributed by atoms with E-state index in [2.05, 4.69) is 22.2 Å². The van der Waals surface area contributed by atoms with Crippen molar-refractivity contribution in [1.82, 2.24) is 19.3 Å². The second kappa shape index (κ2) is 4.48. The number of rotatable bonds is 3. The molecule has 4 rings (SSSR count). The van der Waals surface area contributed by atoms with E-state index < -0.39 is 0 Å². The number of hydrogen-bond acceptors (Lipinski definition) is 3. The van der Waals surface area contributed by atoms with Gasteiger partial charge in [0, 0.05) is 48.5 Å². The molecule has 0 aliphatic heterocycles. The summed E-state index contributed by atoms with van der Waals surface area (Å²) in [5, 5.41) is 4.47. The van der Waals surface area contributed by atoms with E-state index in [9.17, 15) is 0 Å². The number of nitrogens with two attached hydrogens (primary N) is 1. The van der Waals surface area contributed by atoms with Crippen LogP contribution in [0.5, 0.6) is 0 Å². The summed E-state index contributed by atoms with van der Waals surface area (Å²) in [6.45, 7) is 0. The molecule has 2 aromatic heterocycles. The first kappa shape index (κ1) is 12.2. The van der Waals surface area contributed by atoms with Crippen molar-refractivity contribution in [3.63, 3.8) is 0 Å². The van der Waals surface area contributed by atoms with Crippen LogP contribution in [0.3, 0.4) is 0 Å². The van der Waals surface area contributed by atoms with Gasteiger partial charge < -0.3 is 10.3 Å². The van der Waals surface area contributed by atoms with E-state index in [1.165, 1.54) is 18.5 Å². The van der Waals surface area contributed by atoms with Gasteiger partial charge in [-0.1, -0.05) is 0 Å². The van der Waals surface area contributed by atoms with Gasteiger partial charge in [0.05, 0.1) is 5.69 Å². The number of aryl methyl sites for hydroxylation is 1. The third-order valence-corrected chi connectivity index (χ3v) is 3.93.